The molecule has 0 spiro atoms. The van der Waals surface area contributed by atoms with Crippen LogP contribution in [0.15, 0.2) is 58.7 Å². The second-order valence-corrected chi connectivity index (χ2v) is 7.58. The molecule has 1 heterocycles. The van der Waals surface area contributed by atoms with Crippen LogP contribution in [0.4, 0.5) is 5.69 Å². The van der Waals surface area contributed by atoms with E-state index in [4.69, 9.17) is 11.5 Å². The first-order valence-electron chi connectivity index (χ1n) is 8.94. The molecule has 2 aromatic rings. The summed E-state index contributed by atoms with van der Waals surface area (Å²) in [7, 11) is 0. The van der Waals surface area contributed by atoms with Crippen LogP contribution in [0.2, 0.25) is 0 Å². The van der Waals surface area contributed by atoms with Crippen molar-refractivity contribution in [3.8, 4) is 0 Å². The van der Waals surface area contributed by atoms with Crippen LogP contribution in [0.3, 0.4) is 0 Å². The highest BCUT2D eigenvalue weighted by Gasteiger charge is 2.36. The van der Waals surface area contributed by atoms with E-state index < -0.39 is 0 Å². The summed E-state index contributed by atoms with van der Waals surface area (Å²) in [4.78, 5) is 2.51. The molecule has 0 fully saturated rings. The Balaban J connectivity index is 1.96. The molecule has 0 saturated heterocycles. The highest BCUT2D eigenvalue weighted by molar-refractivity contribution is 5.83. The molecule has 1 atom stereocenters. The lowest BCUT2D eigenvalue weighted by Crippen LogP contribution is -2.47. The molecule has 0 bridgehead atoms. The third-order valence-corrected chi connectivity index (χ3v) is 4.97. The number of hydrogen-bond acceptors (Lipinski definition) is 3. The van der Waals surface area contributed by atoms with Crippen molar-refractivity contribution >= 4 is 17.9 Å². The second-order valence-electron chi connectivity index (χ2n) is 7.58. The van der Waals surface area contributed by atoms with Gasteiger partial charge < -0.3 is 16.4 Å². The lowest BCUT2D eigenvalue weighted by molar-refractivity contribution is 0.374. The van der Waals surface area contributed by atoms with Gasteiger partial charge in [-0.2, -0.15) is 5.10 Å². The van der Waals surface area contributed by atoms with Crippen LogP contribution in [0.1, 0.15) is 49.8 Å². The molecule has 1 aliphatic rings. The minimum absolute atomic E-state index is 0.0386. The normalized spacial score (nSPS) is 18.6. The Labute approximate surface area is 155 Å². The van der Waals surface area contributed by atoms with Gasteiger partial charge in [-0.15, -0.1) is 5.10 Å². The monoisotopic (exact) mass is 349 g/mol. The number of rotatable bonds is 4. The Bertz CT molecular complexity index is 820. The van der Waals surface area contributed by atoms with Gasteiger partial charge in [-0.1, -0.05) is 43.3 Å². The number of hydrogen-bond donors (Lipinski definition) is 2. The van der Waals surface area contributed by atoms with Crippen molar-refractivity contribution in [3.63, 3.8) is 0 Å². The quantitative estimate of drug-likeness (QED) is 0.503. The van der Waals surface area contributed by atoms with Crippen LogP contribution in [0.5, 0.6) is 0 Å². The van der Waals surface area contributed by atoms with Crippen LogP contribution in [0.25, 0.3) is 0 Å². The Kier molecular flexibility index (Phi) is 4.98. The lowest BCUT2D eigenvalue weighted by Gasteiger charge is -2.47. The smallest absolute Gasteiger partial charge is 0.211 e. The summed E-state index contributed by atoms with van der Waals surface area (Å²) in [5, 5.41) is 7.61. The Morgan fingerprint density at radius 2 is 1.92 bits per heavy atom. The molecule has 2 aromatic carbocycles. The fraction of sp³-hybridized carbons (Fsp3) is 0.333. The molecule has 3 rings (SSSR count). The van der Waals surface area contributed by atoms with Crippen molar-refractivity contribution in [2.24, 2.45) is 21.7 Å². The van der Waals surface area contributed by atoms with Crippen LogP contribution in [0, 0.1) is 0 Å². The molecule has 26 heavy (non-hydrogen) atoms. The SMILES string of the molecule is CC1CC(C)(C)N(Cc2ccccc2)c2ccc(C=NN=C(N)N)cc21. The number of benzene rings is 2. The fourth-order valence-corrected chi connectivity index (χ4v) is 3.82. The zero-order chi connectivity index (χ0) is 18.7. The molecule has 4 N–H and O–H groups in total. The number of guanidine groups is 1. The van der Waals surface area contributed by atoms with E-state index >= 15 is 0 Å². The molecule has 0 radical (unpaired) electrons. The van der Waals surface area contributed by atoms with E-state index in [9.17, 15) is 0 Å². The minimum atomic E-state index is -0.0386. The third-order valence-electron chi connectivity index (χ3n) is 4.97. The van der Waals surface area contributed by atoms with Crippen molar-refractivity contribution in [1.29, 1.82) is 0 Å². The van der Waals surface area contributed by atoms with Crippen LogP contribution in [-0.2, 0) is 6.54 Å². The molecule has 5 nitrogen and oxygen atoms in total. The minimum Gasteiger partial charge on any atom is -0.369 e. The molecular formula is C21H27N5. The Morgan fingerprint density at radius 3 is 2.62 bits per heavy atom. The van der Waals surface area contributed by atoms with Gasteiger partial charge in [0.25, 0.3) is 0 Å². The van der Waals surface area contributed by atoms with E-state index in [0.29, 0.717) is 5.92 Å². The Hall–Kier alpha value is -2.82. The van der Waals surface area contributed by atoms with Gasteiger partial charge in [0.05, 0.1) is 6.21 Å². The average molecular weight is 349 g/mol. The van der Waals surface area contributed by atoms with Gasteiger partial charge in [0.1, 0.15) is 0 Å². The maximum Gasteiger partial charge on any atom is 0.211 e. The standard InChI is InChI=1S/C21H27N5/c1-15-12-21(2,3)26(14-16-7-5-4-6-8-16)19-10-9-17(11-18(15)19)13-24-25-20(22)23/h4-11,13,15H,12,14H2,1-3H3,(H4,22,23,25). The van der Waals surface area contributed by atoms with E-state index in [1.165, 1.54) is 16.8 Å². The summed E-state index contributed by atoms with van der Waals surface area (Å²) < 4.78 is 0. The lowest BCUT2D eigenvalue weighted by atomic mass is 9.79. The van der Waals surface area contributed by atoms with Crippen LogP contribution < -0.4 is 16.4 Å². The highest BCUT2D eigenvalue weighted by atomic mass is 15.3. The van der Waals surface area contributed by atoms with Crippen molar-refractivity contribution in [1.82, 2.24) is 0 Å². The van der Waals surface area contributed by atoms with E-state index in [2.05, 4.69) is 84.4 Å². The van der Waals surface area contributed by atoms with Gasteiger partial charge in [-0.05, 0) is 55.0 Å². The van der Waals surface area contributed by atoms with Crippen LogP contribution in [-0.4, -0.2) is 17.7 Å². The zero-order valence-corrected chi connectivity index (χ0v) is 15.7. The average Bonchev–Trinajstić information content (AvgIpc) is 2.59. The maximum atomic E-state index is 5.32. The molecule has 0 aromatic heterocycles. The van der Waals surface area contributed by atoms with Crippen molar-refractivity contribution in [2.75, 3.05) is 4.90 Å². The molecule has 1 aliphatic heterocycles. The van der Waals surface area contributed by atoms with Gasteiger partial charge in [0, 0.05) is 17.8 Å². The molecule has 5 heteroatoms. The van der Waals surface area contributed by atoms with E-state index in [1.54, 1.807) is 6.21 Å². The summed E-state index contributed by atoms with van der Waals surface area (Å²) in [5.41, 5.74) is 15.7. The fourth-order valence-electron chi connectivity index (χ4n) is 3.82. The van der Waals surface area contributed by atoms with Gasteiger partial charge in [-0.3, -0.25) is 0 Å². The first-order chi connectivity index (χ1) is 12.4. The van der Waals surface area contributed by atoms with Gasteiger partial charge in [0.2, 0.25) is 5.96 Å². The highest BCUT2D eigenvalue weighted by Crippen LogP contribution is 2.44. The summed E-state index contributed by atoms with van der Waals surface area (Å²) in [6.45, 7) is 7.83. The van der Waals surface area contributed by atoms with Gasteiger partial charge >= 0.3 is 0 Å². The topological polar surface area (TPSA) is 80.0 Å². The Morgan fingerprint density at radius 1 is 1.19 bits per heavy atom. The molecule has 0 amide bonds. The number of anilines is 1. The third kappa shape index (κ3) is 3.87. The largest absolute Gasteiger partial charge is 0.369 e. The van der Waals surface area contributed by atoms with E-state index in [-0.39, 0.29) is 11.5 Å². The van der Waals surface area contributed by atoms with Gasteiger partial charge in [-0.25, -0.2) is 0 Å². The predicted octanol–water partition coefficient (Wildman–Crippen LogP) is 3.59. The van der Waals surface area contributed by atoms with Crippen LogP contribution >= 0.6 is 0 Å². The molecule has 0 saturated carbocycles. The van der Waals surface area contributed by atoms with Gasteiger partial charge in [0.15, 0.2) is 0 Å². The summed E-state index contributed by atoms with van der Waals surface area (Å²) >= 11 is 0. The van der Waals surface area contributed by atoms with E-state index in [0.717, 1.165) is 18.5 Å². The number of nitrogens with two attached hydrogens (primary N) is 2. The molecule has 0 aliphatic carbocycles. The summed E-state index contributed by atoms with van der Waals surface area (Å²) in [5.74, 6) is 0.437. The zero-order valence-electron chi connectivity index (χ0n) is 15.7. The molecule has 1 unspecified atom stereocenters. The number of nitrogens with zero attached hydrogens (tertiary/aromatic N) is 3. The van der Waals surface area contributed by atoms with Crippen molar-refractivity contribution in [3.05, 3.63) is 65.2 Å². The van der Waals surface area contributed by atoms with Crippen molar-refractivity contribution in [2.45, 2.75) is 45.2 Å². The van der Waals surface area contributed by atoms with E-state index in [1.807, 2.05) is 0 Å². The first kappa shape index (κ1) is 18.0. The molecular weight excluding hydrogens is 322 g/mol. The van der Waals surface area contributed by atoms with Crippen molar-refractivity contribution < 1.29 is 0 Å². The maximum absolute atomic E-state index is 5.32. The summed E-state index contributed by atoms with van der Waals surface area (Å²) in [6, 6.07) is 17.1. The summed E-state index contributed by atoms with van der Waals surface area (Å²) in [6.07, 6.45) is 2.79. The first-order valence-corrected chi connectivity index (χ1v) is 8.94. The molecule has 136 valence electrons. The predicted molar refractivity (Wildman–Crippen MR) is 110 cm³/mol. The number of fused-ring (bicyclic) bond motifs is 1. The second kappa shape index (κ2) is 7.20.